The Bertz CT molecular complexity index is 946. The van der Waals surface area contributed by atoms with Crippen LogP contribution in [-0.2, 0) is 24.4 Å². The number of ether oxygens (including phenoxy) is 1. The fraction of sp³-hybridized carbons (Fsp3) is 0.364. The van der Waals surface area contributed by atoms with Crippen molar-refractivity contribution in [1.82, 2.24) is 0 Å². The van der Waals surface area contributed by atoms with Gasteiger partial charge in [0.05, 0.1) is 15.9 Å². The van der Waals surface area contributed by atoms with Gasteiger partial charge in [-0.05, 0) is 37.1 Å². The molecule has 0 spiro atoms. The Morgan fingerprint density at radius 3 is 1.79 bits per heavy atom. The van der Waals surface area contributed by atoms with Gasteiger partial charge in [0.15, 0.2) is 24.3 Å². The summed E-state index contributed by atoms with van der Waals surface area (Å²) in [7, 11) is -8.07. The molecule has 0 aromatic heterocycles. The summed E-state index contributed by atoms with van der Waals surface area (Å²) in [6.45, 7) is 3.69. The maximum absolute atomic E-state index is 13.2. The minimum atomic E-state index is -4.04. The molecular weight excluding hydrogens is 408 g/mol. The van der Waals surface area contributed by atoms with Crippen LogP contribution in [0.25, 0.3) is 0 Å². The second-order valence-corrected chi connectivity index (χ2v) is 11.7. The van der Waals surface area contributed by atoms with Crippen LogP contribution in [0.4, 0.5) is 0 Å². The van der Waals surface area contributed by atoms with E-state index in [9.17, 15) is 16.8 Å². The molecule has 1 fully saturated rings. The summed E-state index contributed by atoms with van der Waals surface area (Å²) in [5, 5.41) is 0. The molecule has 0 bridgehead atoms. The van der Waals surface area contributed by atoms with Gasteiger partial charge in [-0.15, -0.1) is 6.58 Å². The van der Waals surface area contributed by atoms with Crippen molar-refractivity contribution in [1.29, 1.82) is 0 Å². The molecule has 1 saturated heterocycles. The third-order valence-corrected chi connectivity index (χ3v) is 10.4. The number of unbranched alkanes of at least 4 members (excludes halogenated alkanes) is 2. The van der Waals surface area contributed by atoms with E-state index in [1.807, 2.05) is 0 Å². The summed E-state index contributed by atoms with van der Waals surface area (Å²) in [4.78, 5) is 0.0643. The first-order valence-electron chi connectivity index (χ1n) is 9.73. The van der Waals surface area contributed by atoms with Crippen molar-refractivity contribution in [3.8, 4) is 0 Å². The molecule has 7 heteroatoms. The van der Waals surface area contributed by atoms with Crippen molar-refractivity contribution in [2.75, 3.05) is 0 Å². The van der Waals surface area contributed by atoms with E-state index in [1.165, 1.54) is 24.3 Å². The van der Waals surface area contributed by atoms with Crippen molar-refractivity contribution in [2.45, 2.75) is 58.7 Å². The number of hydrogen-bond acceptors (Lipinski definition) is 5. The van der Waals surface area contributed by atoms with E-state index < -0.39 is 24.3 Å². The quantitative estimate of drug-likeness (QED) is 0.301. The molecule has 156 valence electrons. The van der Waals surface area contributed by atoms with E-state index in [-0.39, 0.29) is 28.4 Å². The SMILES string of the molecule is C=CC1OC1CCCCCC(S(=O)(=O)c1ccccc1)S(=O)(=O)c1ccccc1. The highest BCUT2D eigenvalue weighted by Crippen LogP contribution is 2.31. The molecular formula is C22H26O5S2. The number of epoxide rings is 1. The van der Waals surface area contributed by atoms with Gasteiger partial charge in [0.2, 0.25) is 0 Å². The molecule has 29 heavy (non-hydrogen) atoms. The van der Waals surface area contributed by atoms with Crippen molar-refractivity contribution < 1.29 is 21.6 Å². The largest absolute Gasteiger partial charge is 0.365 e. The van der Waals surface area contributed by atoms with Gasteiger partial charge in [-0.25, -0.2) is 16.8 Å². The number of benzene rings is 2. The first-order valence-corrected chi connectivity index (χ1v) is 12.8. The molecule has 2 aromatic rings. The van der Waals surface area contributed by atoms with Crippen LogP contribution in [0.5, 0.6) is 0 Å². The second kappa shape index (κ2) is 9.24. The smallest absolute Gasteiger partial charge is 0.195 e. The van der Waals surface area contributed by atoms with Crippen LogP contribution in [0.1, 0.15) is 32.1 Å². The zero-order chi connectivity index (χ0) is 20.9. The molecule has 0 saturated carbocycles. The van der Waals surface area contributed by atoms with E-state index in [1.54, 1.807) is 42.5 Å². The minimum Gasteiger partial charge on any atom is -0.365 e. The maximum atomic E-state index is 13.2. The molecule has 3 rings (SSSR count). The standard InChI is InChI=1S/C22H26O5S2/c1-2-20-21(27-20)16-10-5-11-17-22(28(23,24)18-12-6-3-7-13-18)29(25,26)19-14-8-4-9-15-19/h2-4,6-9,12-15,20-22H,1,5,10-11,16-17H2. The number of hydrogen-bond donors (Lipinski definition) is 0. The Hall–Kier alpha value is -1.96. The Kier molecular flexibility index (Phi) is 6.93. The highest BCUT2D eigenvalue weighted by Gasteiger charge is 2.39. The topological polar surface area (TPSA) is 80.8 Å². The first-order chi connectivity index (χ1) is 13.9. The van der Waals surface area contributed by atoms with Gasteiger partial charge in [0.25, 0.3) is 0 Å². The monoisotopic (exact) mass is 434 g/mol. The summed E-state index contributed by atoms with van der Waals surface area (Å²) in [6, 6.07) is 15.6. The number of sulfone groups is 2. The Morgan fingerprint density at radius 1 is 0.828 bits per heavy atom. The van der Waals surface area contributed by atoms with Crippen LogP contribution >= 0.6 is 0 Å². The Balaban J connectivity index is 1.76. The summed E-state index contributed by atoms with van der Waals surface area (Å²) in [5.74, 6) is 0. The van der Waals surface area contributed by atoms with Crippen LogP contribution in [0, 0.1) is 0 Å². The fourth-order valence-corrected chi connectivity index (χ4v) is 8.07. The van der Waals surface area contributed by atoms with E-state index in [2.05, 4.69) is 6.58 Å². The van der Waals surface area contributed by atoms with Crippen LogP contribution in [0.15, 0.2) is 83.1 Å². The van der Waals surface area contributed by atoms with Crippen LogP contribution in [-0.4, -0.2) is 33.6 Å². The molecule has 1 aliphatic heterocycles. The van der Waals surface area contributed by atoms with Crippen LogP contribution < -0.4 is 0 Å². The second-order valence-electron chi connectivity index (χ2n) is 7.16. The molecule has 0 aliphatic carbocycles. The van der Waals surface area contributed by atoms with Gasteiger partial charge < -0.3 is 4.74 Å². The summed E-state index contributed by atoms with van der Waals surface area (Å²) in [5.41, 5.74) is 0. The molecule has 1 heterocycles. The van der Waals surface area contributed by atoms with Gasteiger partial charge in [-0.2, -0.15) is 0 Å². The lowest BCUT2D eigenvalue weighted by molar-refractivity contribution is 0.373. The zero-order valence-electron chi connectivity index (χ0n) is 16.2. The molecule has 0 N–H and O–H groups in total. The third-order valence-electron chi connectivity index (χ3n) is 5.12. The molecule has 0 radical (unpaired) electrons. The van der Waals surface area contributed by atoms with Crippen molar-refractivity contribution in [3.05, 3.63) is 73.3 Å². The fourth-order valence-electron chi connectivity index (χ4n) is 3.43. The summed E-state index contributed by atoms with van der Waals surface area (Å²) < 4.78 is 56.7. The lowest BCUT2D eigenvalue weighted by atomic mass is 10.1. The van der Waals surface area contributed by atoms with E-state index in [0.29, 0.717) is 6.42 Å². The van der Waals surface area contributed by atoms with Gasteiger partial charge in [-0.1, -0.05) is 61.7 Å². The van der Waals surface area contributed by atoms with Gasteiger partial charge in [0.1, 0.15) is 6.10 Å². The van der Waals surface area contributed by atoms with Crippen molar-refractivity contribution in [3.63, 3.8) is 0 Å². The maximum Gasteiger partial charge on any atom is 0.195 e. The van der Waals surface area contributed by atoms with Gasteiger partial charge in [-0.3, -0.25) is 0 Å². The van der Waals surface area contributed by atoms with E-state index in [0.717, 1.165) is 19.3 Å². The van der Waals surface area contributed by atoms with Crippen molar-refractivity contribution in [2.24, 2.45) is 0 Å². The average Bonchev–Trinajstić information content (AvgIpc) is 3.50. The van der Waals surface area contributed by atoms with Crippen molar-refractivity contribution >= 4 is 19.7 Å². The predicted octanol–water partition coefficient (Wildman–Crippen LogP) is 4.16. The minimum absolute atomic E-state index is 0.0321. The summed E-state index contributed by atoms with van der Waals surface area (Å²) in [6.07, 6.45) is 5.15. The molecule has 2 aromatic carbocycles. The van der Waals surface area contributed by atoms with Gasteiger partial charge >= 0.3 is 0 Å². The van der Waals surface area contributed by atoms with Gasteiger partial charge in [0, 0.05) is 0 Å². The zero-order valence-corrected chi connectivity index (χ0v) is 17.8. The highest BCUT2D eigenvalue weighted by molar-refractivity contribution is 8.09. The average molecular weight is 435 g/mol. The highest BCUT2D eigenvalue weighted by atomic mass is 32.3. The molecule has 5 nitrogen and oxygen atoms in total. The molecule has 0 amide bonds. The van der Waals surface area contributed by atoms with Crippen LogP contribution in [0.2, 0.25) is 0 Å². The van der Waals surface area contributed by atoms with Crippen LogP contribution in [0.3, 0.4) is 0 Å². The third kappa shape index (κ3) is 5.15. The Morgan fingerprint density at radius 2 is 1.34 bits per heavy atom. The molecule has 2 atom stereocenters. The molecule has 2 unspecified atom stereocenters. The molecule has 1 aliphatic rings. The summed E-state index contributed by atoms with van der Waals surface area (Å²) >= 11 is 0. The lowest BCUT2D eigenvalue weighted by Gasteiger charge is -2.18. The lowest BCUT2D eigenvalue weighted by Crippen LogP contribution is -2.31. The Labute approximate surface area is 173 Å². The van der Waals surface area contributed by atoms with E-state index >= 15 is 0 Å². The first kappa shape index (κ1) is 21.7. The number of rotatable bonds is 11. The predicted molar refractivity (Wildman–Crippen MR) is 113 cm³/mol. The van der Waals surface area contributed by atoms with E-state index in [4.69, 9.17) is 4.74 Å². The normalized spacial score (nSPS) is 19.2.